The SMILES string of the molecule is N#Cc1c(N2CCC3(CCC3)CC2)c2nc(CN)ccc2[nH]c1=O. The van der Waals surface area contributed by atoms with E-state index in [-0.39, 0.29) is 11.1 Å². The molecule has 0 amide bonds. The maximum absolute atomic E-state index is 12.3. The summed E-state index contributed by atoms with van der Waals surface area (Å²) in [5.74, 6) is 0. The van der Waals surface area contributed by atoms with Gasteiger partial charge in [0, 0.05) is 19.6 Å². The van der Waals surface area contributed by atoms with E-state index in [0.717, 1.165) is 31.6 Å². The Bertz CT molecular complexity index is 881. The molecule has 1 aliphatic carbocycles. The summed E-state index contributed by atoms with van der Waals surface area (Å²) in [6, 6.07) is 5.72. The molecule has 3 N–H and O–H groups in total. The smallest absolute Gasteiger partial charge is 0.268 e. The molecule has 0 atom stereocenters. The highest BCUT2D eigenvalue weighted by molar-refractivity contribution is 5.91. The summed E-state index contributed by atoms with van der Waals surface area (Å²) in [7, 11) is 0. The number of nitrogens with zero attached hydrogens (tertiary/aromatic N) is 3. The molecule has 1 saturated heterocycles. The Balaban J connectivity index is 1.83. The van der Waals surface area contributed by atoms with Crippen molar-refractivity contribution in [1.82, 2.24) is 9.97 Å². The molecule has 0 bridgehead atoms. The third kappa shape index (κ3) is 2.28. The quantitative estimate of drug-likeness (QED) is 0.881. The number of nitrogens with two attached hydrogens (primary N) is 1. The molecule has 6 heteroatoms. The molecular formula is C18H21N5O. The zero-order chi connectivity index (χ0) is 16.7. The normalized spacial score (nSPS) is 19.2. The maximum Gasteiger partial charge on any atom is 0.268 e. The van der Waals surface area contributed by atoms with Gasteiger partial charge in [0.05, 0.1) is 16.9 Å². The standard InChI is InChI=1S/C18H21N5O/c19-10-12-2-3-14-15(21-12)16(13(11-20)17(24)22-14)23-8-6-18(7-9-23)4-1-5-18/h2-3H,1,4-10,19H2,(H,22,24). The first-order chi connectivity index (χ1) is 11.7. The van der Waals surface area contributed by atoms with Gasteiger partial charge in [0.15, 0.2) is 0 Å². The van der Waals surface area contributed by atoms with Crippen LogP contribution in [0.1, 0.15) is 43.4 Å². The number of aromatic nitrogens is 2. The second-order valence-electron chi connectivity index (χ2n) is 7.03. The molecule has 2 aromatic rings. The summed E-state index contributed by atoms with van der Waals surface area (Å²) >= 11 is 0. The number of fused-ring (bicyclic) bond motifs is 1. The lowest BCUT2D eigenvalue weighted by Crippen LogP contribution is -2.44. The molecule has 1 spiro atoms. The summed E-state index contributed by atoms with van der Waals surface area (Å²) in [4.78, 5) is 21.9. The first-order valence-corrected chi connectivity index (χ1v) is 8.57. The van der Waals surface area contributed by atoms with Crippen LogP contribution < -0.4 is 16.2 Å². The lowest BCUT2D eigenvalue weighted by Gasteiger charge is -2.48. The molecule has 3 heterocycles. The van der Waals surface area contributed by atoms with Crippen molar-refractivity contribution < 1.29 is 0 Å². The molecule has 2 fully saturated rings. The first kappa shape index (κ1) is 15.2. The molecule has 124 valence electrons. The molecule has 0 radical (unpaired) electrons. The summed E-state index contributed by atoms with van der Waals surface area (Å²) in [6.45, 7) is 2.09. The van der Waals surface area contributed by atoms with Crippen LogP contribution in [0.5, 0.6) is 0 Å². The molecule has 1 aliphatic heterocycles. The van der Waals surface area contributed by atoms with Crippen LogP contribution in [0.2, 0.25) is 0 Å². The van der Waals surface area contributed by atoms with E-state index in [4.69, 9.17) is 5.73 Å². The largest absolute Gasteiger partial charge is 0.368 e. The van der Waals surface area contributed by atoms with Crippen LogP contribution in [0.3, 0.4) is 0 Å². The van der Waals surface area contributed by atoms with E-state index in [2.05, 4.69) is 20.9 Å². The topological polar surface area (TPSA) is 98.8 Å². The van der Waals surface area contributed by atoms with Crippen molar-refractivity contribution in [1.29, 1.82) is 5.26 Å². The minimum Gasteiger partial charge on any atom is -0.368 e. The van der Waals surface area contributed by atoms with Crippen molar-refractivity contribution in [2.45, 2.75) is 38.6 Å². The van der Waals surface area contributed by atoms with Crippen molar-refractivity contribution in [3.63, 3.8) is 0 Å². The predicted octanol–water partition coefficient (Wildman–Crippen LogP) is 2.02. The van der Waals surface area contributed by atoms with Gasteiger partial charge in [-0.1, -0.05) is 6.42 Å². The number of nitrogens with one attached hydrogen (secondary N) is 1. The van der Waals surface area contributed by atoms with Crippen LogP contribution in [-0.2, 0) is 6.54 Å². The zero-order valence-corrected chi connectivity index (χ0v) is 13.6. The van der Waals surface area contributed by atoms with E-state index in [0.29, 0.717) is 28.7 Å². The highest BCUT2D eigenvalue weighted by atomic mass is 16.1. The maximum atomic E-state index is 12.3. The Morgan fingerprint density at radius 1 is 1.29 bits per heavy atom. The summed E-state index contributed by atoms with van der Waals surface area (Å²) in [5, 5.41) is 9.53. The van der Waals surface area contributed by atoms with Crippen molar-refractivity contribution in [3.8, 4) is 6.07 Å². The lowest BCUT2D eigenvalue weighted by atomic mass is 9.63. The fraction of sp³-hybridized carbons (Fsp3) is 0.500. The number of anilines is 1. The van der Waals surface area contributed by atoms with Gasteiger partial charge in [0.1, 0.15) is 17.1 Å². The monoisotopic (exact) mass is 323 g/mol. The molecule has 0 aromatic carbocycles. The van der Waals surface area contributed by atoms with Crippen LogP contribution >= 0.6 is 0 Å². The Labute approximate surface area is 140 Å². The van der Waals surface area contributed by atoms with Crippen molar-refractivity contribution in [2.24, 2.45) is 11.1 Å². The molecular weight excluding hydrogens is 302 g/mol. The second-order valence-corrected chi connectivity index (χ2v) is 7.03. The minimum absolute atomic E-state index is 0.161. The van der Waals surface area contributed by atoms with Crippen molar-refractivity contribution >= 4 is 16.7 Å². The van der Waals surface area contributed by atoms with Crippen molar-refractivity contribution in [2.75, 3.05) is 18.0 Å². The van der Waals surface area contributed by atoms with Gasteiger partial charge >= 0.3 is 0 Å². The third-order valence-corrected chi connectivity index (χ3v) is 5.76. The first-order valence-electron chi connectivity index (χ1n) is 8.57. The molecule has 6 nitrogen and oxygen atoms in total. The lowest BCUT2D eigenvalue weighted by molar-refractivity contribution is 0.0955. The molecule has 2 aromatic heterocycles. The minimum atomic E-state index is -0.341. The van der Waals surface area contributed by atoms with Gasteiger partial charge in [-0.3, -0.25) is 4.79 Å². The average Bonchev–Trinajstić information content (AvgIpc) is 2.59. The zero-order valence-electron chi connectivity index (χ0n) is 13.6. The van der Waals surface area contributed by atoms with E-state index in [1.54, 1.807) is 0 Å². The molecule has 0 unspecified atom stereocenters. The van der Waals surface area contributed by atoms with Crippen LogP contribution in [0.15, 0.2) is 16.9 Å². The number of pyridine rings is 2. The number of hydrogen-bond donors (Lipinski definition) is 2. The number of rotatable bonds is 2. The molecule has 4 rings (SSSR count). The summed E-state index contributed by atoms with van der Waals surface area (Å²) in [5.41, 5.74) is 8.83. The Hall–Kier alpha value is -2.39. The van der Waals surface area contributed by atoms with Crippen LogP contribution in [0.4, 0.5) is 5.69 Å². The number of aromatic amines is 1. The van der Waals surface area contributed by atoms with Gasteiger partial charge in [0.2, 0.25) is 0 Å². The average molecular weight is 323 g/mol. The predicted molar refractivity (Wildman–Crippen MR) is 92.7 cm³/mol. The van der Waals surface area contributed by atoms with Gasteiger partial charge in [0.25, 0.3) is 5.56 Å². The Kier molecular flexibility index (Phi) is 3.54. The van der Waals surface area contributed by atoms with Crippen LogP contribution in [-0.4, -0.2) is 23.1 Å². The van der Waals surface area contributed by atoms with Crippen molar-refractivity contribution in [3.05, 3.63) is 33.7 Å². The van der Waals surface area contributed by atoms with Gasteiger partial charge in [-0.05, 0) is 43.2 Å². The van der Waals surface area contributed by atoms with Gasteiger partial charge in [-0.2, -0.15) is 5.26 Å². The number of piperidine rings is 1. The molecule has 24 heavy (non-hydrogen) atoms. The highest BCUT2D eigenvalue weighted by Crippen LogP contribution is 2.49. The van der Waals surface area contributed by atoms with Gasteiger partial charge < -0.3 is 15.6 Å². The van der Waals surface area contributed by atoms with E-state index < -0.39 is 0 Å². The highest BCUT2D eigenvalue weighted by Gasteiger charge is 2.40. The fourth-order valence-electron chi connectivity index (χ4n) is 4.10. The van der Waals surface area contributed by atoms with E-state index >= 15 is 0 Å². The summed E-state index contributed by atoms with van der Waals surface area (Å²) in [6.07, 6.45) is 6.22. The number of hydrogen-bond acceptors (Lipinski definition) is 5. The summed E-state index contributed by atoms with van der Waals surface area (Å²) < 4.78 is 0. The van der Waals surface area contributed by atoms with Crippen LogP contribution in [0.25, 0.3) is 11.0 Å². The second kappa shape index (κ2) is 5.60. The Morgan fingerprint density at radius 3 is 2.62 bits per heavy atom. The van der Waals surface area contributed by atoms with Gasteiger partial charge in [-0.25, -0.2) is 4.98 Å². The fourth-order valence-corrected chi connectivity index (χ4v) is 4.10. The van der Waals surface area contributed by atoms with E-state index in [1.807, 2.05) is 12.1 Å². The third-order valence-electron chi connectivity index (χ3n) is 5.76. The van der Waals surface area contributed by atoms with E-state index in [1.165, 1.54) is 19.3 Å². The molecule has 2 aliphatic rings. The number of H-pyrrole nitrogens is 1. The Morgan fingerprint density at radius 2 is 2.04 bits per heavy atom. The molecule has 1 saturated carbocycles. The van der Waals surface area contributed by atoms with E-state index in [9.17, 15) is 10.1 Å². The van der Waals surface area contributed by atoms with Crippen LogP contribution in [0, 0.1) is 16.7 Å². The number of nitriles is 1. The van der Waals surface area contributed by atoms with Gasteiger partial charge in [-0.15, -0.1) is 0 Å².